The highest BCUT2D eigenvalue weighted by Gasteiger charge is 2.01. The molecule has 0 fully saturated rings. The number of benzene rings is 1. The molecule has 0 spiro atoms. The van der Waals surface area contributed by atoms with Crippen molar-refractivity contribution in [2.75, 3.05) is 0 Å². The minimum Gasteiger partial charge on any atom is -0.354 e. The van der Waals surface area contributed by atoms with Gasteiger partial charge in [-0.3, -0.25) is 4.98 Å². The lowest BCUT2D eigenvalue weighted by atomic mass is 10.2. The smallest absolute Gasteiger partial charge is 0.0545 e. The number of hydrogen-bond acceptors (Lipinski definition) is 1. The van der Waals surface area contributed by atoms with Crippen LogP contribution >= 0.6 is 0 Å². The Labute approximate surface area is 75.2 Å². The molecule has 0 aliphatic carbocycles. The van der Waals surface area contributed by atoms with Crippen molar-refractivity contribution >= 4 is 21.8 Å². The number of hydrogen-bond donors (Lipinski definition) is 1. The van der Waals surface area contributed by atoms with Gasteiger partial charge in [-0.05, 0) is 6.07 Å². The normalized spacial score (nSPS) is 11.1. The van der Waals surface area contributed by atoms with Crippen LogP contribution in [0.2, 0.25) is 0 Å². The molecule has 0 saturated carbocycles. The Morgan fingerprint density at radius 2 is 2.23 bits per heavy atom. The maximum Gasteiger partial charge on any atom is 0.0545 e. The summed E-state index contributed by atoms with van der Waals surface area (Å²) in [6, 6.07) is 11.1. The molecule has 2 heteroatoms. The molecule has 0 aliphatic heterocycles. The number of H-pyrrole nitrogens is 1. The van der Waals surface area contributed by atoms with Crippen molar-refractivity contribution < 1.29 is 0 Å². The molecule has 2 aromatic heterocycles. The fraction of sp³-hybridized carbons (Fsp3) is 0. The lowest BCUT2D eigenvalue weighted by Gasteiger charge is -1.86. The van der Waals surface area contributed by atoms with Gasteiger partial charge in [-0.1, -0.05) is 18.2 Å². The van der Waals surface area contributed by atoms with E-state index in [-0.39, 0.29) is 0 Å². The van der Waals surface area contributed by atoms with Crippen molar-refractivity contribution in [2.45, 2.75) is 0 Å². The molecule has 0 atom stereocenters. The van der Waals surface area contributed by atoms with Crippen LogP contribution in [0.5, 0.6) is 0 Å². The Kier molecular flexibility index (Phi) is 1.19. The summed E-state index contributed by atoms with van der Waals surface area (Å²) < 4.78 is 0. The summed E-state index contributed by atoms with van der Waals surface area (Å²) in [4.78, 5) is 7.38. The van der Waals surface area contributed by atoms with Crippen molar-refractivity contribution in [1.29, 1.82) is 0 Å². The van der Waals surface area contributed by atoms with Gasteiger partial charge in [0.25, 0.3) is 0 Å². The van der Waals surface area contributed by atoms with Crippen LogP contribution in [0.15, 0.2) is 36.7 Å². The van der Waals surface area contributed by atoms with Crippen LogP contribution in [-0.4, -0.2) is 9.97 Å². The molecule has 61 valence electrons. The third-order valence-corrected chi connectivity index (χ3v) is 2.23. The quantitative estimate of drug-likeness (QED) is 0.547. The minimum absolute atomic E-state index is 1.05. The Hall–Kier alpha value is -1.83. The van der Waals surface area contributed by atoms with Crippen LogP contribution in [0.3, 0.4) is 0 Å². The molecule has 3 rings (SSSR count). The second-order valence-corrected chi connectivity index (χ2v) is 3.01. The Morgan fingerprint density at radius 3 is 3.23 bits per heavy atom. The molecule has 3 aromatic rings. The number of fused-ring (bicyclic) bond motifs is 3. The van der Waals surface area contributed by atoms with Crippen LogP contribution in [0, 0.1) is 6.07 Å². The van der Waals surface area contributed by atoms with Crippen molar-refractivity contribution in [3.63, 3.8) is 0 Å². The van der Waals surface area contributed by atoms with Gasteiger partial charge in [0.1, 0.15) is 0 Å². The second-order valence-electron chi connectivity index (χ2n) is 3.01. The van der Waals surface area contributed by atoms with Crippen molar-refractivity contribution in [2.24, 2.45) is 0 Å². The average molecular weight is 167 g/mol. The zero-order chi connectivity index (χ0) is 8.67. The summed E-state index contributed by atoms with van der Waals surface area (Å²) in [5, 5.41) is 2.35. The zero-order valence-corrected chi connectivity index (χ0v) is 6.91. The number of rotatable bonds is 0. The van der Waals surface area contributed by atoms with Gasteiger partial charge in [0, 0.05) is 34.7 Å². The predicted molar refractivity (Wildman–Crippen MR) is 52.4 cm³/mol. The van der Waals surface area contributed by atoms with E-state index in [9.17, 15) is 0 Å². The lowest BCUT2D eigenvalue weighted by Crippen LogP contribution is -1.68. The molecule has 2 heterocycles. The van der Waals surface area contributed by atoms with E-state index in [1.807, 2.05) is 24.4 Å². The van der Waals surface area contributed by atoms with E-state index in [4.69, 9.17) is 0 Å². The highest BCUT2D eigenvalue weighted by atomic mass is 14.7. The summed E-state index contributed by atoms with van der Waals surface area (Å²) in [5.41, 5.74) is 2.16. The molecule has 2 nitrogen and oxygen atoms in total. The van der Waals surface area contributed by atoms with E-state index in [0.29, 0.717) is 0 Å². The summed E-state index contributed by atoms with van der Waals surface area (Å²) in [5.74, 6) is 0. The van der Waals surface area contributed by atoms with Gasteiger partial charge in [0.15, 0.2) is 0 Å². The van der Waals surface area contributed by atoms with Crippen LogP contribution in [0.1, 0.15) is 0 Å². The lowest BCUT2D eigenvalue weighted by molar-refractivity contribution is 1.36. The van der Waals surface area contributed by atoms with Gasteiger partial charge in [-0.2, -0.15) is 0 Å². The summed E-state index contributed by atoms with van der Waals surface area (Å²) >= 11 is 0. The largest absolute Gasteiger partial charge is 0.354 e. The predicted octanol–water partition coefficient (Wildman–Crippen LogP) is 2.52. The van der Waals surface area contributed by atoms with E-state index in [2.05, 4.69) is 22.1 Å². The van der Waals surface area contributed by atoms with Gasteiger partial charge in [-0.15, -0.1) is 0 Å². The average Bonchev–Trinajstić information content (AvgIpc) is 2.56. The molecule has 0 aliphatic rings. The molecular formula is C11H7N2. The van der Waals surface area contributed by atoms with Gasteiger partial charge in [0.05, 0.1) is 5.52 Å². The molecule has 0 unspecified atom stereocenters. The molecule has 0 saturated heterocycles. The van der Waals surface area contributed by atoms with Crippen molar-refractivity contribution in [3.05, 3.63) is 42.7 Å². The second kappa shape index (κ2) is 2.33. The summed E-state index contributed by atoms with van der Waals surface area (Å²) in [7, 11) is 0. The maximum absolute atomic E-state index is 4.10. The SMILES string of the molecule is [c]1cccc2c1[nH]c1ccncc12. The third kappa shape index (κ3) is 0.855. The number of para-hydroxylation sites is 1. The highest BCUT2D eigenvalue weighted by molar-refractivity contribution is 6.06. The first-order valence-corrected chi connectivity index (χ1v) is 4.17. The zero-order valence-electron chi connectivity index (χ0n) is 6.91. The number of aromatic nitrogens is 2. The van der Waals surface area contributed by atoms with E-state index in [0.717, 1.165) is 16.4 Å². The summed E-state index contributed by atoms with van der Waals surface area (Å²) in [6.45, 7) is 0. The number of nitrogens with zero attached hydrogens (tertiary/aromatic N) is 1. The Bertz CT molecular complexity index is 516. The molecule has 0 amide bonds. The van der Waals surface area contributed by atoms with Gasteiger partial charge < -0.3 is 4.98 Å². The Balaban J connectivity index is 2.64. The van der Waals surface area contributed by atoms with Crippen LogP contribution < -0.4 is 0 Å². The van der Waals surface area contributed by atoms with Gasteiger partial charge in [-0.25, -0.2) is 0 Å². The number of pyridine rings is 1. The third-order valence-electron chi connectivity index (χ3n) is 2.23. The minimum atomic E-state index is 1.05. The first kappa shape index (κ1) is 6.66. The highest BCUT2D eigenvalue weighted by Crippen LogP contribution is 2.22. The molecule has 1 radical (unpaired) electrons. The standard InChI is InChI=1S/C11H7N2/c1-2-4-10-8(3-1)9-7-12-6-5-11(9)13-10/h1-3,5-7,13H. The van der Waals surface area contributed by atoms with E-state index >= 15 is 0 Å². The fourth-order valence-corrected chi connectivity index (χ4v) is 1.62. The summed E-state index contributed by atoms with van der Waals surface area (Å²) in [6.07, 6.45) is 3.67. The molecular weight excluding hydrogens is 160 g/mol. The molecule has 13 heavy (non-hydrogen) atoms. The van der Waals surface area contributed by atoms with Crippen LogP contribution in [-0.2, 0) is 0 Å². The topological polar surface area (TPSA) is 28.7 Å². The molecule has 0 bridgehead atoms. The maximum atomic E-state index is 4.10. The monoisotopic (exact) mass is 167 g/mol. The van der Waals surface area contributed by atoms with Crippen molar-refractivity contribution in [1.82, 2.24) is 9.97 Å². The van der Waals surface area contributed by atoms with Gasteiger partial charge >= 0.3 is 0 Å². The molecule has 1 aromatic carbocycles. The van der Waals surface area contributed by atoms with Crippen LogP contribution in [0.4, 0.5) is 0 Å². The fourth-order valence-electron chi connectivity index (χ4n) is 1.62. The van der Waals surface area contributed by atoms with Crippen LogP contribution in [0.25, 0.3) is 21.8 Å². The van der Waals surface area contributed by atoms with Gasteiger partial charge in [0.2, 0.25) is 0 Å². The van der Waals surface area contributed by atoms with E-state index in [1.165, 1.54) is 5.39 Å². The number of nitrogens with one attached hydrogen (secondary N) is 1. The van der Waals surface area contributed by atoms with E-state index < -0.39 is 0 Å². The number of aromatic amines is 1. The van der Waals surface area contributed by atoms with E-state index in [1.54, 1.807) is 6.20 Å². The van der Waals surface area contributed by atoms with Crippen molar-refractivity contribution in [3.8, 4) is 0 Å². The molecule has 1 N–H and O–H groups in total. The first-order valence-electron chi connectivity index (χ1n) is 4.17. The first-order chi connectivity index (χ1) is 6.45. The Morgan fingerprint density at radius 1 is 1.23 bits per heavy atom.